The van der Waals surface area contributed by atoms with Crippen LogP contribution in [0, 0.1) is 15.9 Å². The smallest absolute Gasteiger partial charge is 0.295 e. The fourth-order valence-electron chi connectivity index (χ4n) is 1.87. The van der Waals surface area contributed by atoms with Crippen LogP contribution >= 0.6 is 0 Å². The van der Waals surface area contributed by atoms with E-state index in [4.69, 9.17) is 10.5 Å². The molecule has 0 spiro atoms. The van der Waals surface area contributed by atoms with Gasteiger partial charge in [0.2, 0.25) is 0 Å². The van der Waals surface area contributed by atoms with Gasteiger partial charge in [-0.25, -0.2) is 4.39 Å². The Morgan fingerprint density at radius 1 is 1.52 bits per heavy atom. The Hall–Kier alpha value is -2.22. The summed E-state index contributed by atoms with van der Waals surface area (Å²) >= 11 is 0. The largest absolute Gasteiger partial charge is 0.393 e. The normalized spacial score (nSPS) is 10.7. The summed E-state index contributed by atoms with van der Waals surface area (Å²) in [6, 6.07) is 1.42. The molecule has 0 heterocycles. The van der Waals surface area contributed by atoms with E-state index < -0.39 is 22.3 Å². The molecule has 8 heteroatoms. The number of benzene rings is 1. The Morgan fingerprint density at radius 2 is 2.14 bits per heavy atom. The molecule has 0 unspecified atom stereocenters. The van der Waals surface area contributed by atoms with Gasteiger partial charge in [0.05, 0.1) is 23.2 Å². The van der Waals surface area contributed by atoms with Crippen LogP contribution in [-0.2, 0) is 4.74 Å². The SMILES string of the molecule is COCCN(C(=O)c1cc(F)cc([N+](=O)[O-])c1N)C(C)C. The van der Waals surface area contributed by atoms with Gasteiger partial charge in [-0.15, -0.1) is 0 Å². The van der Waals surface area contributed by atoms with Crippen molar-refractivity contribution in [1.82, 2.24) is 4.90 Å². The third-order valence-electron chi connectivity index (χ3n) is 2.97. The highest BCUT2D eigenvalue weighted by Gasteiger charge is 2.26. The second kappa shape index (κ2) is 6.98. The van der Waals surface area contributed by atoms with Crippen LogP contribution in [0.3, 0.4) is 0 Å². The number of amides is 1. The number of nitrogen functional groups attached to an aromatic ring is 1. The summed E-state index contributed by atoms with van der Waals surface area (Å²) in [5, 5.41) is 10.8. The molecule has 0 aliphatic carbocycles. The number of methoxy groups -OCH3 is 1. The Kier molecular flexibility index (Phi) is 5.60. The van der Waals surface area contributed by atoms with Gasteiger partial charge in [0, 0.05) is 19.7 Å². The van der Waals surface area contributed by atoms with Crippen molar-refractivity contribution in [3.63, 3.8) is 0 Å². The first-order chi connectivity index (χ1) is 9.79. The van der Waals surface area contributed by atoms with Crippen LogP contribution in [0.5, 0.6) is 0 Å². The average Bonchev–Trinajstić information content (AvgIpc) is 2.40. The van der Waals surface area contributed by atoms with Crippen LogP contribution in [-0.4, -0.2) is 42.0 Å². The molecule has 0 saturated carbocycles. The lowest BCUT2D eigenvalue weighted by Crippen LogP contribution is -2.39. The Balaban J connectivity index is 3.24. The van der Waals surface area contributed by atoms with Gasteiger partial charge in [-0.3, -0.25) is 14.9 Å². The summed E-state index contributed by atoms with van der Waals surface area (Å²) in [7, 11) is 1.49. The molecule has 1 aromatic carbocycles. The second-order valence-electron chi connectivity index (χ2n) is 4.73. The topological polar surface area (TPSA) is 98.7 Å². The number of anilines is 1. The fraction of sp³-hybridized carbons (Fsp3) is 0.462. The van der Waals surface area contributed by atoms with E-state index >= 15 is 0 Å². The highest BCUT2D eigenvalue weighted by molar-refractivity contribution is 6.01. The maximum Gasteiger partial charge on any atom is 0.295 e. The lowest BCUT2D eigenvalue weighted by Gasteiger charge is -2.27. The van der Waals surface area contributed by atoms with Gasteiger partial charge < -0.3 is 15.4 Å². The van der Waals surface area contributed by atoms with Gasteiger partial charge in [-0.2, -0.15) is 0 Å². The molecule has 1 aromatic rings. The molecule has 0 aromatic heterocycles. The molecule has 0 fully saturated rings. The molecule has 7 nitrogen and oxygen atoms in total. The highest BCUT2D eigenvalue weighted by atomic mass is 19.1. The van der Waals surface area contributed by atoms with Gasteiger partial charge in [0.15, 0.2) is 0 Å². The van der Waals surface area contributed by atoms with Crippen molar-refractivity contribution in [2.75, 3.05) is 26.0 Å². The lowest BCUT2D eigenvalue weighted by molar-refractivity contribution is -0.384. The minimum atomic E-state index is -0.880. The van der Waals surface area contributed by atoms with Crippen LogP contribution in [0.15, 0.2) is 12.1 Å². The predicted molar refractivity (Wildman–Crippen MR) is 75.5 cm³/mol. The monoisotopic (exact) mass is 299 g/mol. The summed E-state index contributed by atoms with van der Waals surface area (Å²) in [4.78, 5) is 23.9. The first-order valence-corrected chi connectivity index (χ1v) is 6.32. The molecule has 0 atom stereocenters. The molecule has 0 radical (unpaired) electrons. The van der Waals surface area contributed by atoms with Gasteiger partial charge in [0.25, 0.3) is 11.6 Å². The highest BCUT2D eigenvalue weighted by Crippen LogP contribution is 2.28. The second-order valence-corrected chi connectivity index (χ2v) is 4.73. The summed E-state index contributed by atoms with van der Waals surface area (Å²) in [5.41, 5.74) is 4.46. The summed E-state index contributed by atoms with van der Waals surface area (Å²) < 4.78 is 18.4. The van der Waals surface area contributed by atoms with Crippen molar-refractivity contribution in [3.8, 4) is 0 Å². The molecule has 1 amide bonds. The number of nitrogens with zero attached hydrogens (tertiary/aromatic N) is 2. The van der Waals surface area contributed by atoms with E-state index in [9.17, 15) is 19.3 Å². The van der Waals surface area contributed by atoms with E-state index in [1.165, 1.54) is 12.0 Å². The molecule has 2 N–H and O–H groups in total. The summed E-state index contributed by atoms with van der Waals surface area (Å²) in [6.45, 7) is 4.12. The van der Waals surface area contributed by atoms with E-state index in [1.807, 2.05) is 0 Å². The standard InChI is InChI=1S/C13H18FN3O4/c1-8(2)16(4-5-21-3)13(18)10-6-9(14)7-11(12(10)15)17(19)20/h6-8H,4-5,15H2,1-3H3. The predicted octanol–water partition coefficient (Wildman–Crippen LogP) is 1.81. The van der Waals surface area contributed by atoms with Gasteiger partial charge >= 0.3 is 0 Å². The molecule has 0 aliphatic heterocycles. The molecule has 21 heavy (non-hydrogen) atoms. The number of carbonyl (C=O) groups excluding carboxylic acids is 1. The third-order valence-corrected chi connectivity index (χ3v) is 2.97. The quantitative estimate of drug-likeness (QED) is 0.490. The van der Waals surface area contributed by atoms with Crippen molar-refractivity contribution in [3.05, 3.63) is 33.6 Å². The zero-order valence-electron chi connectivity index (χ0n) is 12.1. The van der Waals surface area contributed by atoms with E-state index in [-0.39, 0.29) is 23.8 Å². The Morgan fingerprint density at radius 3 is 2.62 bits per heavy atom. The van der Waals surface area contributed by atoms with Crippen LogP contribution in [0.1, 0.15) is 24.2 Å². The number of hydrogen-bond acceptors (Lipinski definition) is 5. The first-order valence-electron chi connectivity index (χ1n) is 6.32. The summed E-state index contributed by atoms with van der Waals surface area (Å²) in [5.74, 6) is -1.45. The van der Waals surface area contributed by atoms with E-state index in [2.05, 4.69) is 0 Å². The van der Waals surface area contributed by atoms with Crippen molar-refractivity contribution < 1.29 is 18.8 Å². The molecule has 0 aliphatic rings. The maximum atomic E-state index is 13.5. The van der Waals surface area contributed by atoms with E-state index in [0.29, 0.717) is 12.7 Å². The molecule has 116 valence electrons. The van der Waals surface area contributed by atoms with Gasteiger partial charge in [-0.05, 0) is 19.9 Å². The van der Waals surface area contributed by atoms with Crippen molar-refractivity contribution >= 4 is 17.3 Å². The average molecular weight is 299 g/mol. The van der Waals surface area contributed by atoms with Gasteiger partial charge in [0.1, 0.15) is 11.5 Å². The number of carbonyl (C=O) groups is 1. The number of nitro benzene ring substituents is 1. The zero-order valence-corrected chi connectivity index (χ0v) is 12.1. The lowest BCUT2D eigenvalue weighted by atomic mass is 10.1. The number of nitrogens with two attached hydrogens (primary N) is 1. The molecular formula is C13H18FN3O4. The molecule has 1 rings (SSSR count). The van der Waals surface area contributed by atoms with E-state index in [1.54, 1.807) is 13.8 Å². The van der Waals surface area contributed by atoms with E-state index in [0.717, 1.165) is 6.07 Å². The van der Waals surface area contributed by atoms with Crippen LogP contribution in [0.2, 0.25) is 0 Å². The molecular weight excluding hydrogens is 281 g/mol. The number of halogens is 1. The van der Waals surface area contributed by atoms with Crippen molar-refractivity contribution in [2.45, 2.75) is 19.9 Å². The fourth-order valence-corrected chi connectivity index (χ4v) is 1.87. The Labute approximate surface area is 121 Å². The minimum Gasteiger partial charge on any atom is -0.393 e. The van der Waals surface area contributed by atoms with Crippen molar-refractivity contribution in [1.29, 1.82) is 0 Å². The maximum absolute atomic E-state index is 13.5. The number of ether oxygens (including phenoxy) is 1. The zero-order chi connectivity index (χ0) is 16.2. The number of nitro groups is 1. The number of rotatable bonds is 6. The summed E-state index contributed by atoms with van der Waals surface area (Å²) in [6.07, 6.45) is 0. The molecule has 0 bridgehead atoms. The van der Waals surface area contributed by atoms with Crippen molar-refractivity contribution in [2.24, 2.45) is 0 Å². The van der Waals surface area contributed by atoms with Gasteiger partial charge in [-0.1, -0.05) is 0 Å². The van der Waals surface area contributed by atoms with Crippen LogP contribution < -0.4 is 5.73 Å². The first kappa shape index (κ1) is 16.8. The third kappa shape index (κ3) is 3.88. The number of hydrogen-bond donors (Lipinski definition) is 1. The molecule has 0 saturated heterocycles. The van der Waals surface area contributed by atoms with Crippen LogP contribution in [0.4, 0.5) is 15.8 Å². The Bertz CT molecular complexity index is 548. The minimum absolute atomic E-state index is 0.186. The van der Waals surface area contributed by atoms with Crippen LogP contribution in [0.25, 0.3) is 0 Å².